The minimum atomic E-state index is 0.0405. The maximum atomic E-state index is 8.99. The fraction of sp³-hybridized carbons (Fsp3) is 0.545. The number of aromatic nitrogens is 1. The molecule has 0 atom stereocenters. The SMILES string of the molecule is OCc1cc(C2CCNCC2)ccn1. The molecule has 0 aromatic carbocycles. The molecule has 1 aromatic heterocycles. The summed E-state index contributed by atoms with van der Waals surface area (Å²) in [4.78, 5) is 4.09. The Morgan fingerprint density at radius 3 is 2.93 bits per heavy atom. The summed E-state index contributed by atoms with van der Waals surface area (Å²) in [5, 5.41) is 12.3. The van der Waals surface area contributed by atoms with Gasteiger partial charge in [-0.2, -0.15) is 0 Å². The molecular formula is C11H16N2O. The van der Waals surface area contributed by atoms with Gasteiger partial charge in [-0.1, -0.05) is 0 Å². The molecule has 2 heterocycles. The Labute approximate surface area is 84.2 Å². The highest BCUT2D eigenvalue weighted by molar-refractivity contribution is 5.21. The van der Waals surface area contributed by atoms with E-state index < -0.39 is 0 Å². The third kappa shape index (κ3) is 2.11. The van der Waals surface area contributed by atoms with Crippen LogP contribution in [-0.2, 0) is 6.61 Å². The Bertz CT molecular complexity index is 295. The van der Waals surface area contributed by atoms with E-state index in [1.54, 1.807) is 6.20 Å². The molecule has 0 amide bonds. The highest BCUT2D eigenvalue weighted by Crippen LogP contribution is 2.24. The fourth-order valence-electron chi connectivity index (χ4n) is 1.99. The maximum Gasteiger partial charge on any atom is 0.0853 e. The Morgan fingerprint density at radius 1 is 1.43 bits per heavy atom. The first-order chi connectivity index (χ1) is 6.90. The maximum absolute atomic E-state index is 8.99. The molecule has 3 nitrogen and oxygen atoms in total. The first-order valence-electron chi connectivity index (χ1n) is 5.16. The van der Waals surface area contributed by atoms with Crippen molar-refractivity contribution < 1.29 is 5.11 Å². The molecule has 1 aliphatic rings. The first-order valence-corrected chi connectivity index (χ1v) is 5.16. The summed E-state index contributed by atoms with van der Waals surface area (Å²) in [5.74, 6) is 0.643. The van der Waals surface area contributed by atoms with Gasteiger partial charge in [0, 0.05) is 6.20 Å². The number of rotatable bonds is 2. The van der Waals surface area contributed by atoms with Crippen molar-refractivity contribution in [1.29, 1.82) is 0 Å². The smallest absolute Gasteiger partial charge is 0.0853 e. The lowest BCUT2D eigenvalue weighted by Crippen LogP contribution is -2.26. The van der Waals surface area contributed by atoms with Gasteiger partial charge < -0.3 is 10.4 Å². The van der Waals surface area contributed by atoms with Crippen LogP contribution in [0.1, 0.15) is 30.0 Å². The van der Waals surface area contributed by atoms with Crippen LogP contribution in [-0.4, -0.2) is 23.2 Å². The quantitative estimate of drug-likeness (QED) is 0.736. The number of nitrogens with zero attached hydrogens (tertiary/aromatic N) is 1. The van der Waals surface area contributed by atoms with E-state index in [-0.39, 0.29) is 6.61 Å². The Morgan fingerprint density at radius 2 is 2.21 bits per heavy atom. The number of hydrogen-bond acceptors (Lipinski definition) is 3. The predicted molar refractivity (Wildman–Crippen MR) is 55.0 cm³/mol. The summed E-state index contributed by atoms with van der Waals surface area (Å²) >= 11 is 0. The molecule has 14 heavy (non-hydrogen) atoms. The van der Waals surface area contributed by atoms with E-state index in [9.17, 15) is 0 Å². The van der Waals surface area contributed by atoms with Crippen molar-refractivity contribution in [3.63, 3.8) is 0 Å². The average Bonchev–Trinajstić information content (AvgIpc) is 2.30. The second-order valence-corrected chi connectivity index (χ2v) is 3.76. The minimum Gasteiger partial charge on any atom is -0.390 e. The molecular weight excluding hydrogens is 176 g/mol. The van der Waals surface area contributed by atoms with Crippen molar-refractivity contribution in [3.8, 4) is 0 Å². The number of aliphatic hydroxyl groups is 1. The van der Waals surface area contributed by atoms with E-state index in [1.807, 2.05) is 6.07 Å². The van der Waals surface area contributed by atoms with Crippen LogP contribution in [0.4, 0.5) is 0 Å². The van der Waals surface area contributed by atoms with E-state index >= 15 is 0 Å². The van der Waals surface area contributed by atoms with E-state index in [0.717, 1.165) is 18.8 Å². The molecule has 76 valence electrons. The van der Waals surface area contributed by atoms with Crippen molar-refractivity contribution in [2.75, 3.05) is 13.1 Å². The summed E-state index contributed by atoms with van der Waals surface area (Å²) < 4.78 is 0. The molecule has 1 aromatic rings. The zero-order chi connectivity index (χ0) is 9.80. The van der Waals surface area contributed by atoms with Gasteiger partial charge in [0.2, 0.25) is 0 Å². The van der Waals surface area contributed by atoms with E-state index in [0.29, 0.717) is 5.92 Å². The second-order valence-electron chi connectivity index (χ2n) is 3.76. The monoisotopic (exact) mass is 192 g/mol. The molecule has 0 saturated carbocycles. The lowest BCUT2D eigenvalue weighted by atomic mass is 9.90. The standard InChI is InChI=1S/C11H16N2O/c14-8-11-7-10(3-6-13-11)9-1-4-12-5-2-9/h3,6-7,9,12,14H,1-2,4-5,8H2. The van der Waals surface area contributed by atoms with Gasteiger partial charge >= 0.3 is 0 Å². The van der Waals surface area contributed by atoms with Crippen molar-refractivity contribution in [1.82, 2.24) is 10.3 Å². The Kier molecular flexibility index (Phi) is 3.11. The lowest BCUT2D eigenvalue weighted by molar-refractivity contribution is 0.276. The molecule has 1 aliphatic heterocycles. The van der Waals surface area contributed by atoms with Crippen LogP contribution in [0.5, 0.6) is 0 Å². The van der Waals surface area contributed by atoms with Crippen molar-refractivity contribution >= 4 is 0 Å². The molecule has 0 spiro atoms. The third-order valence-corrected chi connectivity index (χ3v) is 2.81. The van der Waals surface area contributed by atoms with Gasteiger partial charge in [-0.15, -0.1) is 0 Å². The molecule has 3 heteroatoms. The molecule has 0 aliphatic carbocycles. The van der Waals surface area contributed by atoms with Crippen LogP contribution in [0.2, 0.25) is 0 Å². The average molecular weight is 192 g/mol. The zero-order valence-electron chi connectivity index (χ0n) is 8.24. The number of piperidine rings is 1. The molecule has 0 bridgehead atoms. The van der Waals surface area contributed by atoms with Crippen molar-refractivity contribution in [2.45, 2.75) is 25.4 Å². The number of aliphatic hydroxyl groups excluding tert-OH is 1. The molecule has 2 rings (SSSR count). The summed E-state index contributed by atoms with van der Waals surface area (Å²) in [6.45, 7) is 2.24. The fourth-order valence-corrected chi connectivity index (χ4v) is 1.99. The van der Waals surface area contributed by atoms with Gasteiger partial charge in [-0.05, 0) is 49.5 Å². The van der Waals surface area contributed by atoms with Crippen molar-refractivity contribution in [3.05, 3.63) is 29.6 Å². The Balaban J connectivity index is 2.13. The number of pyridine rings is 1. The van der Waals surface area contributed by atoms with E-state index in [4.69, 9.17) is 5.11 Å². The number of nitrogens with one attached hydrogen (secondary N) is 1. The summed E-state index contributed by atoms with van der Waals surface area (Å²) in [5.41, 5.74) is 2.10. The van der Waals surface area contributed by atoms with Gasteiger partial charge in [0.15, 0.2) is 0 Å². The highest BCUT2D eigenvalue weighted by Gasteiger charge is 2.15. The largest absolute Gasteiger partial charge is 0.390 e. The van der Waals surface area contributed by atoms with Crippen LogP contribution in [0.25, 0.3) is 0 Å². The van der Waals surface area contributed by atoms with Crippen LogP contribution in [0.3, 0.4) is 0 Å². The lowest BCUT2D eigenvalue weighted by Gasteiger charge is -2.23. The topological polar surface area (TPSA) is 45.1 Å². The van der Waals surface area contributed by atoms with Crippen LogP contribution in [0, 0.1) is 0 Å². The number of hydrogen-bond donors (Lipinski definition) is 2. The molecule has 0 unspecified atom stereocenters. The second kappa shape index (κ2) is 4.53. The van der Waals surface area contributed by atoms with Gasteiger partial charge in [-0.3, -0.25) is 4.98 Å². The molecule has 1 saturated heterocycles. The zero-order valence-corrected chi connectivity index (χ0v) is 8.24. The van der Waals surface area contributed by atoms with Crippen LogP contribution < -0.4 is 5.32 Å². The summed E-state index contributed by atoms with van der Waals surface area (Å²) in [7, 11) is 0. The summed E-state index contributed by atoms with van der Waals surface area (Å²) in [6, 6.07) is 4.09. The Hall–Kier alpha value is -0.930. The predicted octanol–water partition coefficient (Wildman–Crippen LogP) is 1.04. The minimum absolute atomic E-state index is 0.0405. The van der Waals surface area contributed by atoms with E-state index in [1.165, 1.54) is 18.4 Å². The summed E-state index contributed by atoms with van der Waals surface area (Å²) in [6.07, 6.45) is 4.17. The van der Waals surface area contributed by atoms with Gasteiger partial charge in [0.25, 0.3) is 0 Å². The first kappa shape index (κ1) is 9.62. The van der Waals surface area contributed by atoms with Gasteiger partial charge in [0.1, 0.15) is 0 Å². The van der Waals surface area contributed by atoms with Gasteiger partial charge in [0.05, 0.1) is 12.3 Å². The van der Waals surface area contributed by atoms with Crippen LogP contribution >= 0.6 is 0 Å². The molecule has 1 fully saturated rings. The highest BCUT2D eigenvalue weighted by atomic mass is 16.3. The third-order valence-electron chi connectivity index (χ3n) is 2.81. The normalized spacial score (nSPS) is 18.4. The molecule has 2 N–H and O–H groups in total. The molecule has 0 radical (unpaired) electrons. The van der Waals surface area contributed by atoms with Gasteiger partial charge in [-0.25, -0.2) is 0 Å². The van der Waals surface area contributed by atoms with Crippen LogP contribution in [0.15, 0.2) is 18.3 Å². The van der Waals surface area contributed by atoms with E-state index in [2.05, 4.69) is 16.4 Å². The van der Waals surface area contributed by atoms with Crippen molar-refractivity contribution in [2.24, 2.45) is 0 Å².